The molecule has 0 aliphatic heterocycles. The van der Waals surface area contributed by atoms with Crippen molar-refractivity contribution in [2.45, 2.75) is 39.5 Å². The van der Waals surface area contributed by atoms with Gasteiger partial charge < -0.3 is 5.32 Å². The van der Waals surface area contributed by atoms with Crippen molar-refractivity contribution in [2.75, 3.05) is 13.1 Å². The van der Waals surface area contributed by atoms with Gasteiger partial charge in [0.25, 0.3) is 0 Å². The van der Waals surface area contributed by atoms with Crippen molar-refractivity contribution in [3.8, 4) is 0 Å². The summed E-state index contributed by atoms with van der Waals surface area (Å²) in [6, 6.07) is 3.83. The van der Waals surface area contributed by atoms with Crippen LogP contribution in [0.2, 0.25) is 0 Å². The Morgan fingerprint density at radius 3 is 2.44 bits per heavy atom. The summed E-state index contributed by atoms with van der Waals surface area (Å²) in [6.45, 7) is 10.1. The average Bonchev–Trinajstić information content (AvgIpc) is 2.23. The van der Waals surface area contributed by atoms with E-state index >= 15 is 0 Å². The van der Waals surface area contributed by atoms with Gasteiger partial charge in [0, 0.05) is 6.07 Å². The van der Waals surface area contributed by atoms with E-state index in [2.05, 4.69) is 19.2 Å². The topological polar surface area (TPSA) is 12.0 Å². The second-order valence-corrected chi connectivity index (χ2v) is 5.86. The standard InChI is InChI=1S/C15H23F2N/c1-11(2)10-18-8-7-15(3,4)13-6-5-12(16)9-14(13)17/h5-6,9,11,18H,7-8,10H2,1-4H3. The second kappa shape index (κ2) is 6.28. The fourth-order valence-corrected chi connectivity index (χ4v) is 1.96. The summed E-state index contributed by atoms with van der Waals surface area (Å²) in [5.74, 6) is -0.371. The number of hydrogen-bond donors (Lipinski definition) is 1. The molecule has 0 saturated heterocycles. The molecular formula is C15H23F2N. The Bertz CT molecular complexity index is 386. The molecule has 0 fully saturated rings. The molecule has 102 valence electrons. The molecule has 0 aliphatic rings. The maximum atomic E-state index is 13.7. The lowest BCUT2D eigenvalue weighted by atomic mass is 9.81. The van der Waals surface area contributed by atoms with Gasteiger partial charge in [-0.2, -0.15) is 0 Å². The molecule has 0 saturated carbocycles. The fourth-order valence-electron chi connectivity index (χ4n) is 1.96. The highest BCUT2D eigenvalue weighted by molar-refractivity contribution is 5.26. The zero-order valence-corrected chi connectivity index (χ0v) is 11.7. The van der Waals surface area contributed by atoms with Crippen LogP contribution in [0.25, 0.3) is 0 Å². The highest BCUT2D eigenvalue weighted by Crippen LogP contribution is 2.29. The molecule has 18 heavy (non-hydrogen) atoms. The smallest absolute Gasteiger partial charge is 0.129 e. The van der Waals surface area contributed by atoms with E-state index in [0.717, 1.165) is 25.6 Å². The van der Waals surface area contributed by atoms with E-state index in [1.54, 1.807) is 6.07 Å². The van der Waals surface area contributed by atoms with Crippen LogP contribution in [0.4, 0.5) is 8.78 Å². The highest BCUT2D eigenvalue weighted by Gasteiger charge is 2.23. The molecular weight excluding hydrogens is 232 g/mol. The lowest BCUT2D eigenvalue weighted by molar-refractivity contribution is 0.422. The third-order valence-corrected chi connectivity index (χ3v) is 3.14. The highest BCUT2D eigenvalue weighted by atomic mass is 19.1. The lowest BCUT2D eigenvalue weighted by Gasteiger charge is -2.26. The molecule has 0 spiro atoms. The molecule has 0 amide bonds. The monoisotopic (exact) mass is 255 g/mol. The molecule has 1 N–H and O–H groups in total. The Labute approximate surface area is 109 Å². The van der Waals surface area contributed by atoms with E-state index in [-0.39, 0.29) is 5.41 Å². The number of benzene rings is 1. The minimum atomic E-state index is -0.523. The molecule has 0 aromatic heterocycles. The van der Waals surface area contributed by atoms with Gasteiger partial charge in [-0.15, -0.1) is 0 Å². The first-order valence-electron chi connectivity index (χ1n) is 6.49. The maximum Gasteiger partial charge on any atom is 0.129 e. The van der Waals surface area contributed by atoms with E-state index in [1.807, 2.05) is 13.8 Å². The number of rotatable bonds is 6. The van der Waals surface area contributed by atoms with Gasteiger partial charge in [-0.1, -0.05) is 33.8 Å². The molecule has 0 bridgehead atoms. The van der Waals surface area contributed by atoms with Crippen LogP contribution >= 0.6 is 0 Å². The van der Waals surface area contributed by atoms with Gasteiger partial charge in [-0.25, -0.2) is 8.78 Å². The largest absolute Gasteiger partial charge is 0.316 e. The van der Waals surface area contributed by atoms with E-state index in [4.69, 9.17) is 0 Å². The Morgan fingerprint density at radius 2 is 1.89 bits per heavy atom. The van der Waals surface area contributed by atoms with Crippen molar-refractivity contribution >= 4 is 0 Å². The molecule has 1 rings (SSSR count). The first-order chi connectivity index (χ1) is 8.33. The van der Waals surface area contributed by atoms with Crippen molar-refractivity contribution in [3.05, 3.63) is 35.4 Å². The van der Waals surface area contributed by atoms with Gasteiger partial charge in [-0.05, 0) is 42.5 Å². The maximum absolute atomic E-state index is 13.7. The van der Waals surface area contributed by atoms with Crippen LogP contribution in [0.15, 0.2) is 18.2 Å². The molecule has 0 aliphatic carbocycles. The summed E-state index contributed by atoms with van der Waals surface area (Å²) in [7, 11) is 0. The minimum Gasteiger partial charge on any atom is -0.316 e. The van der Waals surface area contributed by atoms with Gasteiger partial charge in [0.05, 0.1) is 0 Å². The lowest BCUT2D eigenvalue weighted by Crippen LogP contribution is -2.28. The van der Waals surface area contributed by atoms with E-state index in [9.17, 15) is 8.78 Å². The zero-order valence-electron chi connectivity index (χ0n) is 11.7. The molecule has 0 radical (unpaired) electrons. The van der Waals surface area contributed by atoms with Gasteiger partial charge in [-0.3, -0.25) is 0 Å². The van der Waals surface area contributed by atoms with Gasteiger partial charge in [0.15, 0.2) is 0 Å². The third-order valence-electron chi connectivity index (χ3n) is 3.14. The predicted molar refractivity (Wildman–Crippen MR) is 71.7 cm³/mol. The Kier molecular flexibility index (Phi) is 5.27. The van der Waals surface area contributed by atoms with Crippen LogP contribution in [0.3, 0.4) is 0 Å². The molecule has 0 unspecified atom stereocenters. The summed E-state index contributed by atoms with van der Waals surface area (Å²) < 4.78 is 26.6. The van der Waals surface area contributed by atoms with Crippen LogP contribution in [0, 0.1) is 17.6 Å². The minimum absolute atomic E-state index is 0.290. The summed E-state index contributed by atoms with van der Waals surface area (Å²) in [5.41, 5.74) is 0.289. The van der Waals surface area contributed by atoms with E-state index in [0.29, 0.717) is 11.5 Å². The molecule has 0 atom stereocenters. The first kappa shape index (κ1) is 15.1. The van der Waals surface area contributed by atoms with Crippen LogP contribution in [0.1, 0.15) is 39.7 Å². The van der Waals surface area contributed by atoms with Crippen LogP contribution < -0.4 is 5.32 Å². The van der Waals surface area contributed by atoms with E-state index < -0.39 is 11.6 Å². The molecule has 1 aromatic rings. The summed E-state index contributed by atoms with van der Waals surface area (Å²) in [6.07, 6.45) is 0.822. The van der Waals surface area contributed by atoms with E-state index in [1.165, 1.54) is 6.07 Å². The van der Waals surface area contributed by atoms with Crippen LogP contribution in [-0.2, 0) is 5.41 Å². The van der Waals surface area contributed by atoms with Crippen LogP contribution in [0.5, 0.6) is 0 Å². The molecule has 1 nitrogen and oxygen atoms in total. The predicted octanol–water partition coefficient (Wildman–Crippen LogP) is 3.88. The number of halogens is 2. The Hall–Kier alpha value is -0.960. The fraction of sp³-hybridized carbons (Fsp3) is 0.600. The number of nitrogens with one attached hydrogen (secondary N) is 1. The van der Waals surface area contributed by atoms with Crippen molar-refractivity contribution in [1.29, 1.82) is 0 Å². The van der Waals surface area contributed by atoms with Gasteiger partial charge in [0.2, 0.25) is 0 Å². The van der Waals surface area contributed by atoms with Gasteiger partial charge in [0.1, 0.15) is 11.6 Å². The molecule has 1 aromatic carbocycles. The summed E-state index contributed by atoms with van der Waals surface area (Å²) >= 11 is 0. The zero-order chi connectivity index (χ0) is 13.8. The molecule has 3 heteroatoms. The Balaban J connectivity index is 2.62. The van der Waals surface area contributed by atoms with Crippen LogP contribution in [-0.4, -0.2) is 13.1 Å². The molecule has 0 heterocycles. The second-order valence-electron chi connectivity index (χ2n) is 5.86. The Morgan fingerprint density at radius 1 is 1.22 bits per heavy atom. The average molecular weight is 255 g/mol. The third kappa shape index (κ3) is 4.37. The van der Waals surface area contributed by atoms with Crippen molar-refractivity contribution < 1.29 is 8.78 Å². The van der Waals surface area contributed by atoms with Crippen molar-refractivity contribution in [3.63, 3.8) is 0 Å². The van der Waals surface area contributed by atoms with Gasteiger partial charge >= 0.3 is 0 Å². The number of hydrogen-bond acceptors (Lipinski definition) is 1. The van der Waals surface area contributed by atoms with Crippen molar-refractivity contribution in [1.82, 2.24) is 5.32 Å². The normalized spacial score (nSPS) is 12.2. The quantitative estimate of drug-likeness (QED) is 0.761. The summed E-state index contributed by atoms with van der Waals surface area (Å²) in [5, 5.41) is 3.35. The van der Waals surface area contributed by atoms with Crippen molar-refractivity contribution in [2.24, 2.45) is 5.92 Å². The SMILES string of the molecule is CC(C)CNCCC(C)(C)c1ccc(F)cc1F. The first-order valence-corrected chi connectivity index (χ1v) is 6.49. The summed E-state index contributed by atoms with van der Waals surface area (Å²) in [4.78, 5) is 0.